The lowest BCUT2D eigenvalue weighted by atomic mass is 9.90. The van der Waals surface area contributed by atoms with Gasteiger partial charge in [0, 0.05) is 19.1 Å². The number of hydrogen-bond acceptors (Lipinski definition) is 3. The van der Waals surface area contributed by atoms with Crippen molar-refractivity contribution in [2.24, 2.45) is 5.92 Å². The van der Waals surface area contributed by atoms with E-state index >= 15 is 0 Å². The number of hydrogen-bond donors (Lipinski definition) is 1. The molecule has 1 rings (SSSR count). The number of rotatable bonds is 7. The van der Waals surface area contributed by atoms with Crippen molar-refractivity contribution in [3.63, 3.8) is 0 Å². The second-order valence-corrected chi connectivity index (χ2v) is 5.41. The van der Waals surface area contributed by atoms with Gasteiger partial charge in [0.05, 0.1) is 0 Å². The lowest BCUT2D eigenvalue weighted by Crippen LogP contribution is -2.43. The standard InChI is InChI=1S/C14H31N3/c1-5-17(6-2)12-9-15-13(3)14-7-10-16(4)11-8-14/h13-15H,5-12H2,1-4H3. The molecule has 1 fully saturated rings. The second kappa shape index (κ2) is 8.06. The van der Waals surface area contributed by atoms with Crippen molar-refractivity contribution in [1.29, 1.82) is 0 Å². The maximum Gasteiger partial charge on any atom is 0.0107 e. The maximum atomic E-state index is 3.71. The fourth-order valence-electron chi connectivity index (χ4n) is 2.69. The number of likely N-dealkylation sites (N-methyl/N-ethyl adjacent to an activating group) is 1. The largest absolute Gasteiger partial charge is 0.313 e. The Morgan fingerprint density at radius 1 is 1.24 bits per heavy atom. The summed E-state index contributed by atoms with van der Waals surface area (Å²) in [5.74, 6) is 0.878. The molecule has 1 aliphatic rings. The summed E-state index contributed by atoms with van der Waals surface area (Å²) < 4.78 is 0. The van der Waals surface area contributed by atoms with Crippen molar-refractivity contribution in [1.82, 2.24) is 15.1 Å². The Bertz CT molecular complexity index is 184. The van der Waals surface area contributed by atoms with Crippen LogP contribution in [0.15, 0.2) is 0 Å². The highest BCUT2D eigenvalue weighted by atomic mass is 15.1. The molecule has 0 saturated carbocycles. The molecule has 0 aliphatic carbocycles. The minimum atomic E-state index is 0.680. The normalized spacial score (nSPS) is 21.0. The third kappa shape index (κ3) is 5.36. The lowest BCUT2D eigenvalue weighted by molar-refractivity contribution is 0.187. The Kier molecular flexibility index (Phi) is 7.09. The Morgan fingerprint density at radius 2 is 1.82 bits per heavy atom. The first kappa shape index (κ1) is 14.9. The minimum absolute atomic E-state index is 0.680. The first-order chi connectivity index (χ1) is 8.17. The van der Waals surface area contributed by atoms with Crippen LogP contribution >= 0.6 is 0 Å². The lowest BCUT2D eigenvalue weighted by Gasteiger charge is -2.33. The van der Waals surface area contributed by atoms with Crippen LogP contribution < -0.4 is 5.32 Å². The van der Waals surface area contributed by atoms with Crippen LogP contribution in [0.3, 0.4) is 0 Å². The third-order valence-electron chi connectivity index (χ3n) is 4.26. The van der Waals surface area contributed by atoms with Crippen LogP contribution in [0.5, 0.6) is 0 Å². The van der Waals surface area contributed by atoms with Crippen molar-refractivity contribution in [2.75, 3.05) is 46.3 Å². The zero-order valence-electron chi connectivity index (χ0n) is 12.2. The predicted molar refractivity (Wildman–Crippen MR) is 75.5 cm³/mol. The van der Waals surface area contributed by atoms with Crippen LogP contribution in [0.4, 0.5) is 0 Å². The highest BCUT2D eigenvalue weighted by Crippen LogP contribution is 2.19. The Hall–Kier alpha value is -0.120. The third-order valence-corrected chi connectivity index (χ3v) is 4.26. The van der Waals surface area contributed by atoms with Gasteiger partial charge in [-0.1, -0.05) is 13.8 Å². The summed E-state index contributed by atoms with van der Waals surface area (Å²) >= 11 is 0. The van der Waals surface area contributed by atoms with Crippen molar-refractivity contribution >= 4 is 0 Å². The van der Waals surface area contributed by atoms with Crippen LogP contribution in [-0.4, -0.2) is 62.2 Å². The molecule has 1 heterocycles. The molecular formula is C14H31N3. The van der Waals surface area contributed by atoms with Crippen molar-refractivity contribution in [2.45, 2.75) is 39.7 Å². The van der Waals surface area contributed by atoms with E-state index in [1.807, 2.05) is 0 Å². The summed E-state index contributed by atoms with van der Waals surface area (Å²) in [6, 6.07) is 0.680. The average molecular weight is 241 g/mol. The summed E-state index contributed by atoms with van der Waals surface area (Å²) in [6.07, 6.45) is 2.71. The first-order valence-corrected chi connectivity index (χ1v) is 7.31. The van der Waals surface area contributed by atoms with Gasteiger partial charge in [-0.3, -0.25) is 0 Å². The molecular weight excluding hydrogens is 210 g/mol. The molecule has 3 heteroatoms. The van der Waals surface area contributed by atoms with Gasteiger partial charge in [0.1, 0.15) is 0 Å². The van der Waals surface area contributed by atoms with Crippen LogP contribution in [-0.2, 0) is 0 Å². The monoisotopic (exact) mass is 241 g/mol. The summed E-state index contributed by atoms with van der Waals surface area (Å²) in [5, 5.41) is 3.71. The molecule has 1 N–H and O–H groups in total. The fraction of sp³-hybridized carbons (Fsp3) is 1.00. The highest BCUT2D eigenvalue weighted by molar-refractivity contribution is 4.78. The van der Waals surface area contributed by atoms with Gasteiger partial charge < -0.3 is 15.1 Å². The van der Waals surface area contributed by atoms with Gasteiger partial charge in [0.2, 0.25) is 0 Å². The number of nitrogens with one attached hydrogen (secondary N) is 1. The van der Waals surface area contributed by atoms with E-state index in [2.05, 4.69) is 42.9 Å². The zero-order chi connectivity index (χ0) is 12.7. The molecule has 3 nitrogen and oxygen atoms in total. The quantitative estimate of drug-likeness (QED) is 0.731. The molecule has 17 heavy (non-hydrogen) atoms. The summed E-state index contributed by atoms with van der Waals surface area (Å²) in [6.45, 7) is 14.0. The summed E-state index contributed by atoms with van der Waals surface area (Å²) in [7, 11) is 2.23. The van der Waals surface area contributed by atoms with E-state index in [-0.39, 0.29) is 0 Å². The molecule has 1 atom stereocenters. The van der Waals surface area contributed by atoms with E-state index in [9.17, 15) is 0 Å². The van der Waals surface area contributed by atoms with Gasteiger partial charge in [-0.05, 0) is 58.9 Å². The Morgan fingerprint density at radius 3 is 2.35 bits per heavy atom. The number of likely N-dealkylation sites (tertiary alicyclic amines) is 1. The van der Waals surface area contributed by atoms with E-state index < -0.39 is 0 Å². The van der Waals surface area contributed by atoms with Crippen molar-refractivity contribution in [3.8, 4) is 0 Å². The van der Waals surface area contributed by atoms with Gasteiger partial charge in [0.15, 0.2) is 0 Å². The number of piperidine rings is 1. The SMILES string of the molecule is CCN(CC)CCNC(C)C1CCN(C)CC1. The van der Waals surface area contributed by atoms with Crippen molar-refractivity contribution < 1.29 is 0 Å². The molecule has 0 aromatic rings. The van der Waals surface area contributed by atoms with Gasteiger partial charge in [0.25, 0.3) is 0 Å². The smallest absolute Gasteiger partial charge is 0.0107 e. The molecule has 0 aromatic carbocycles. The van der Waals surface area contributed by atoms with Crippen LogP contribution in [0.1, 0.15) is 33.6 Å². The topological polar surface area (TPSA) is 18.5 Å². The number of nitrogens with zero attached hydrogens (tertiary/aromatic N) is 2. The summed E-state index contributed by atoms with van der Waals surface area (Å²) in [4.78, 5) is 4.92. The van der Waals surface area contributed by atoms with E-state index in [0.717, 1.165) is 12.5 Å². The van der Waals surface area contributed by atoms with E-state index in [1.165, 1.54) is 45.6 Å². The Balaban J connectivity index is 2.14. The van der Waals surface area contributed by atoms with Crippen molar-refractivity contribution in [3.05, 3.63) is 0 Å². The average Bonchev–Trinajstić information content (AvgIpc) is 2.35. The van der Waals surface area contributed by atoms with Gasteiger partial charge in [-0.25, -0.2) is 0 Å². The highest BCUT2D eigenvalue weighted by Gasteiger charge is 2.21. The van der Waals surface area contributed by atoms with Crippen LogP contribution in [0.25, 0.3) is 0 Å². The first-order valence-electron chi connectivity index (χ1n) is 7.31. The second-order valence-electron chi connectivity index (χ2n) is 5.41. The molecule has 0 spiro atoms. The summed E-state index contributed by atoms with van der Waals surface area (Å²) in [5.41, 5.74) is 0. The molecule has 1 saturated heterocycles. The molecule has 0 bridgehead atoms. The molecule has 0 radical (unpaired) electrons. The van der Waals surface area contributed by atoms with E-state index in [4.69, 9.17) is 0 Å². The molecule has 102 valence electrons. The van der Waals surface area contributed by atoms with Crippen LogP contribution in [0, 0.1) is 5.92 Å². The predicted octanol–water partition coefficient (Wildman–Crippen LogP) is 1.65. The molecule has 0 amide bonds. The van der Waals surface area contributed by atoms with Crippen LogP contribution in [0.2, 0.25) is 0 Å². The fourth-order valence-corrected chi connectivity index (χ4v) is 2.69. The Labute approximate surface area is 108 Å². The van der Waals surface area contributed by atoms with Gasteiger partial charge >= 0.3 is 0 Å². The molecule has 1 unspecified atom stereocenters. The van der Waals surface area contributed by atoms with Gasteiger partial charge in [-0.2, -0.15) is 0 Å². The molecule has 0 aromatic heterocycles. The maximum absolute atomic E-state index is 3.71. The van der Waals surface area contributed by atoms with Gasteiger partial charge in [-0.15, -0.1) is 0 Å². The molecule has 1 aliphatic heterocycles. The minimum Gasteiger partial charge on any atom is -0.313 e. The van der Waals surface area contributed by atoms with E-state index in [0.29, 0.717) is 6.04 Å². The van der Waals surface area contributed by atoms with E-state index in [1.54, 1.807) is 0 Å². The zero-order valence-corrected chi connectivity index (χ0v) is 12.2.